The van der Waals surface area contributed by atoms with E-state index in [1.54, 1.807) is 39.1 Å². The summed E-state index contributed by atoms with van der Waals surface area (Å²) in [7, 11) is -0.890. The Morgan fingerprint density at radius 1 is 1.16 bits per heavy atom. The second kappa shape index (κ2) is 15.9. The third kappa shape index (κ3) is 8.47. The number of rotatable bonds is 15. The number of nitrogens with zero attached hydrogens (tertiary/aromatic N) is 4. The van der Waals surface area contributed by atoms with E-state index in [-0.39, 0.29) is 42.3 Å². The summed E-state index contributed by atoms with van der Waals surface area (Å²) in [5, 5.41) is 4.28. The number of urea groups is 1. The van der Waals surface area contributed by atoms with Gasteiger partial charge in [-0.05, 0) is 64.5 Å². The highest BCUT2D eigenvalue weighted by atomic mass is 32.2. The van der Waals surface area contributed by atoms with Crippen LogP contribution in [0.25, 0.3) is 21.6 Å². The van der Waals surface area contributed by atoms with Crippen molar-refractivity contribution in [3.63, 3.8) is 0 Å². The number of likely N-dealkylation sites (tertiary alicyclic amines) is 1. The number of alkyl halides is 3. The van der Waals surface area contributed by atoms with Gasteiger partial charge in [-0.2, -0.15) is 13.2 Å². The Morgan fingerprint density at radius 2 is 1.89 bits per heavy atom. The topological polar surface area (TPSA) is 160 Å². The summed E-state index contributed by atoms with van der Waals surface area (Å²) < 4.78 is 79.9. The van der Waals surface area contributed by atoms with Crippen molar-refractivity contribution in [2.45, 2.75) is 93.8 Å². The Bertz CT molecular complexity index is 2190. The number of sulfonamides is 1. The van der Waals surface area contributed by atoms with Crippen LogP contribution in [0.2, 0.25) is 0 Å². The Kier molecular flexibility index (Phi) is 11.7. The van der Waals surface area contributed by atoms with Crippen molar-refractivity contribution in [2.24, 2.45) is 5.92 Å². The maximum Gasteiger partial charge on any atom is 0.434 e. The van der Waals surface area contributed by atoms with Gasteiger partial charge in [0.05, 0.1) is 17.4 Å². The van der Waals surface area contributed by atoms with Gasteiger partial charge in [0, 0.05) is 61.3 Å². The number of piperidine rings is 1. The molecule has 0 spiro atoms. The van der Waals surface area contributed by atoms with E-state index in [0.29, 0.717) is 48.0 Å². The Hall–Kier alpha value is -4.71. The highest BCUT2D eigenvalue weighted by Gasteiger charge is 2.62. The molecule has 2 aliphatic carbocycles. The number of hydrogen-bond acceptors (Lipinski definition) is 10. The molecule has 0 radical (unpaired) electrons. The number of unbranched alkanes of at least 4 members (excludes halogenated alkanes) is 2. The number of methoxy groups -OCH3 is 1. The molecule has 3 aromatic rings. The highest BCUT2D eigenvalue weighted by Crippen LogP contribution is 2.47. The number of carbonyl (C=O) groups excluding carboxylic acids is 3. The fourth-order valence-electron chi connectivity index (χ4n) is 7.10. The lowest BCUT2D eigenvalue weighted by Gasteiger charge is -2.40. The van der Waals surface area contributed by atoms with Crippen molar-refractivity contribution >= 4 is 50.1 Å². The molecule has 3 heterocycles. The minimum atomic E-state index is -4.65. The lowest BCUT2D eigenvalue weighted by molar-refractivity contribution is -0.140. The quantitative estimate of drug-likeness (QED) is 0.131. The number of ether oxygens (including phenoxy) is 2. The molecule has 57 heavy (non-hydrogen) atoms. The van der Waals surface area contributed by atoms with E-state index in [1.165, 1.54) is 29.1 Å². The third-order valence-electron chi connectivity index (χ3n) is 11.1. The number of fused-ring (bicyclic) bond motifs is 1. The molecule has 18 heteroatoms. The molecular formula is C39H47F3N6O7S2. The van der Waals surface area contributed by atoms with Gasteiger partial charge in [-0.1, -0.05) is 12.2 Å². The van der Waals surface area contributed by atoms with Crippen LogP contribution in [0.3, 0.4) is 0 Å². The second-order valence-electron chi connectivity index (χ2n) is 15.2. The number of aromatic nitrogens is 2. The predicted molar refractivity (Wildman–Crippen MR) is 209 cm³/mol. The molecule has 4 atom stereocenters. The highest BCUT2D eigenvalue weighted by molar-refractivity contribution is 7.91. The number of nitrogens with one attached hydrogen (secondary N) is 2. The number of benzene rings is 1. The number of carbonyl (C=O) groups is 3. The third-order valence-corrected chi connectivity index (χ3v) is 14.2. The number of pyridine rings is 1. The molecule has 4 amide bonds. The van der Waals surface area contributed by atoms with Crippen LogP contribution in [-0.4, -0.2) is 95.7 Å². The Balaban J connectivity index is 1.31. The first kappa shape index (κ1) is 41.9. The van der Waals surface area contributed by atoms with Crippen molar-refractivity contribution in [1.82, 2.24) is 29.8 Å². The number of amides is 4. The van der Waals surface area contributed by atoms with Gasteiger partial charge in [0.2, 0.25) is 15.9 Å². The largest absolute Gasteiger partial charge is 0.496 e. The van der Waals surface area contributed by atoms with E-state index in [9.17, 15) is 36.0 Å². The summed E-state index contributed by atoms with van der Waals surface area (Å²) in [5.41, 5.74) is -1.47. The lowest BCUT2D eigenvalue weighted by Crippen LogP contribution is -2.61. The van der Waals surface area contributed by atoms with Gasteiger partial charge in [-0.3, -0.25) is 14.3 Å². The van der Waals surface area contributed by atoms with Gasteiger partial charge in [0.15, 0.2) is 5.69 Å². The fraction of sp³-hybridized carbons (Fsp3) is 0.513. The van der Waals surface area contributed by atoms with E-state index < -0.39 is 68.1 Å². The zero-order valence-corrected chi connectivity index (χ0v) is 33.9. The molecule has 0 bridgehead atoms. The van der Waals surface area contributed by atoms with Crippen LogP contribution in [0.5, 0.6) is 11.5 Å². The summed E-state index contributed by atoms with van der Waals surface area (Å²) in [5.74, 6) is -1.32. The van der Waals surface area contributed by atoms with Crippen LogP contribution in [0.15, 0.2) is 48.9 Å². The number of halogens is 3. The molecule has 6 rings (SSSR count). The maximum absolute atomic E-state index is 14.4. The normalized spacial score (nSPS) is 22.6. The van der Waals surface area contributed by atoms with E-state index in [2.05, 4.69) is 33.2 Å². The smallest absolute Gasteiger partial charge is 0.434 e. The van der Waals surface area contributed by atoms with Gasteiger partial charge in [0.1, 0.15) is 39.9 Å². The van der Waals surface area contributed by atoms with Gasteiger partial charge in [0.25, 0.3) is 5.91 Å². The molecule has 1 aromatic carbocycles. The van der Waals surface area contributed by atoms with Crippen molar-refractivity contribution in [3.05, 3.63) is 60.1 Å². The van der Waals surface area contributed by atoms with E-state index in [1.807, 2.05) is 0 Å². The first-order chi connectivity index (χ1) is 26.9. The van der Waals surface area contributed by atoms with Crippen LogP contribution in [0.4, 0.5) is 18.0 Å². The predicted octanol–water partition coefficient (Wildman–Crippen LogP) is 6.37. The van der Waals surface area contributed by atoms with E-state index in [4.69, 9.17) is 9.47 Å². The average Bonchev–Trinajstić information content (AvgIpc) is 4.04. The molecule has 2 saturated carbocycles. The monoisotopic (exact) mass is 832 g/mol. The zero-order chi connectivity index (χ0) is 41.5. The van der Waals surface area contributed by atoms with Gasteiger partial charge < -0.3 is 24.6 Å². The summed E-state index contributed by atoms with van der Waals surface area (Å²) in [6.07, 6.45) is 1.41. The van der Waals surface area contributed by atoms with Crippen LogP contribution >= 0.6 is 11.3 Å². The summed E-state index contributed by atoms with van der Waals surface area (Å²) in [6.45, 7) is 11.3. The second-order valence-corrected chi connectivity index (χ2v) is 18.2. The first-order valence-electron chi connectivity index (χ1n) is 18.7. The zero-order valence-electron chi connectivity index (χ0n) is 32.3. The van der Waals surface area contributed by atoms with Crippen LogP contribution < -0.4 is 19.5 Å². The molecule has 3 fully saturated rings. The molecule has 308 valence electrons. The maximum atomic E-state index is 14.4. The molecule has 13 nitrogen and oxygen atoms in total. The van der Waals surface area contributed by atoms with E-state index in [0.717, 1.165) is 29.6 Å². The summed E-state index contributed by atoms with van der Waals surface area (Å²) in [6, 6.07) is 3.40. The SMILES string of the molecule is C=CCCCCN(C)C(=O)N1CC[C@H](Oc2cc(-c3nc(C(F)(F)F)cs3)nc3c(C)c(OC)ccc23)C[C@H]1C(=O)N[C@]1(C(=O)NS(=O)(=O)C2(C)CC2)C[C@H]1C=C. The molecule has 2 N–H and O–H groups in total. The Labute approximate surface area is 333 Å². The molecule has 3 aliphatic rings. The minimum Gasteiger partial charge on any atom is -0.496 e. The van der Waals surface area contributed by atoms with E-state index >= 15 is 0 Å². The van der Waals surface area contributed by atoms with Crippen molar-refractivity contribution in [1.29, 1.82) is 0 Å². The molecule has 0 unspecified atom stereocenters. The van der Waals surface area contributed by atoms with Gasteiger partial charge in [-0.15, -0.1) is 24.5 Å². The van der Waals surface area contributed by atoms with Crippen LogP contribution in [0.1, 0.15) is 69.5 Å². The number of thiazole rings is 1. The van der Waals surface area contributed by atoms with Crippen LogP contribution in [-0.2, 0) is 25.8 Å². The first-order valence-corrected chi connectivity index (χ1v) is 21.1. The summed E-state index contributed by atoms with van der Waals surface area (Å²) >= 11 is 0.786. The van der Waals surface area contributed by atoms with Crippen LogP contribution in [0, 0.1) is 12.8 Å². The summed E-state index contributed by atoms with van der Waals surface area (Å²) in [4.78, 5) is 53.4. The van der Waals surface area contributed by atoms with Crippen molar-refractivity contribution in [3.8, 4) is 22.2 Å². The van der Waals surface area contributed by atoms with Crippen molar-refractivity contribution in [2.75, 3.05) is 27.2 Å². The van der Waals surface area contributed by atoms with Gasteiger partial charge in [-0.25, -0.2) is 23.2 Å². The molecular weight excluding hydrogens is 786 g/mol. The fourth-order valence-corrected chi connectivity index (χ4v) is 9.20. The molecule has 2 aromatic heterocycles. The number of aryl methyl sites for hydroxylation is 1. The Morgan fingerprint density at radius 3 is 2.51 bits per heavy atom. The van der Waals surface area contributed by atoms with Crippen molar-refractivity contribution < 1.29 is 45.4 Å². The number of hydrogen-bond donors (Lipinski definition) is 2. The number of allylic oxidation sites excluding steroid dienone is 1. The minimum absolute atomic E-state index is 0.0209. The van der Waals surface area contributed by atoms with Gasteiger partial charge >= 0.3 is 12.2 Å². The molecule has 1 saturated heterocycles. The average molecular weight is 833 g/mol. The standard InChI is InChI=1S/C39H47F3N6O7S2/c1-7-9-10-11-17-47(5)36(51)48-18-14-25(19-28(48)33(49)45-38(21-24(38)8-2)35(50)46-57(52,53)37(4)15-16-37)55-30-20-27(34-44-31(22-56-34)39(40,41)42)43-32-23(3)29(54-6)13-12-26(30)32/h7-8,12-13,20,22,24-25,28H,1-2,9-11,14-19,21H2,3-6H3,(H,45,49)(H,46,50)/t24-,25+,28+,38-/m1/s1. The molecule has 1 aliphatic heterocycles. The lowest BCUT2D eigenvalue weighted by atomic mass is 9.97.